The summed E-state index contributed by atoms with van der Waals surface area (Å²) < 4.78 is 0. The van der Waals surface area contributed by atoms with E-state index < -0.39 is 0 Å². The normalized spacial score (nSPS) is 16.1. The first kappa shape index (κ1) is 10.3. The van der Waals surface area contributed by atoms with Gasteiger partial charge in [0.25, 0.3) is 0 Å². The van der Waals surface area contributed by atoms with E-state index >= 15 is 0 Å². The molecule has 1 aliphatic rings. The Kier molecular flexibility index (Phi) is 2.94. The van der Waals surface area contributed by atoms with E-state index in [9.17, 15) is 0 Å². The van der Waals surface area contributed by atoms with Crippen molar-refractivity contribution in [1.29, 1.82) is 0 Å². The Morgan fingerprint density at radius 1 is 0.875 bits per heavy atom. The average Bonchev–Trinajstić information content (AvgIpc) is 2.39. The monoisotopic (exact) mass is 244 g/mol. The van der Waals surface area contributed by atoms with Gasteiger partial charge in [-0.3, -0.25) is 0 Å². The van der Waals surface area contributed by atoms with E-state index in [-0.39, 0.29) is 0 Å². The van der Waals surface area contributed by atoms with E-state index in [4.69, 9.17) is 0 Å². The summed E-state index contributed by atoms with van der Waals surface area (Å²) in [4.78, 5) is 1.42. The zero-order chi connectivity index (χ0) is 10.8. The van der Waals surface area contributed by atoms with Crippen LogP contribution < -0.4 is 0 Å². The molecule has 0 N–H and O–H groups in total. The van der Waals surface area contributed by atoms with Gasteiger partial charge in [0.1, 0.15) is 0 Å². The maximum absolute atomic E-state index is 2.29. The highest BCUT2D eigenvalue weighted by atomic mass is 32.2. The second-order valence-electron chi connectivity index (χ2n) is 3.76. The van der Waals surface area contributed by atoms with Crippen LogP contribution in [0.4, 0.5) is 0 Å². The van der Waals surface area contributed by atoms with Crippen LogP contribution in [0.25, 0.3) is 15.7 Å². The van der Waals surface area contributed by atoms with Gasteiger partial charge in [-0.25, -0.2) is 0 Å². The molecule has 16 heavy (non-hydrogen) atoms. The third-order valence-electron chi connectivity index (χ3n) is 2.68. The molecule has 80 valence electrons. The van der Waals surface area contributed by atoms with Gasteiger partial charge in [-0.15, -0.1) is 23.5 Å². The Morgan fingerprint density at radius 3 is 2.56 bits per heavy atom. The molecule has 2 aromatic rings. The Hall–Kier alpha value is -0.860. The van der Waals surface area contributed by atoms with Crippen molar-refractivity contribution in [1.82, 2.24) is 0 Å². The third kappa shape index (κ3) is 2.00. The van der Waals surface area contributed by atoms with Crippen molar-refractivity contribution in [2.75, 3.05) is 11.5 Å². The molecule has 0 atom stereocenters. The summed E-state index contributed by atoms with van der Waals surface area (Å²) >= 11 is 3.89. The third-order valence-corrected chi connectivity index (χ3v) is 5.01. The molecule has 0 spiro atoms. The van der Waals surface area contributed by atoms with Gasteiger partial charge < -0.3 is 0 Å². The van der Waals surface area contributed by atoms with Gasteiger partial charge in [0, 0.05) is 16.4 Å². The fraction of sp³-hybridized carbons (Fsp3) is 0.143. The van der Waals surface area contributed by atoms with Crippen LogP contribution in [-0.4, -0.2) is 11.5 Å². The number of fused-ring (bicyclic) bond motifs is 1. The van der Waals surface area contributed by atoms with Gasteiger partial charge in [-0.1, -0.05) is 36.4 Å². The van der Waals surface area contributed by atoms with Crippen molar-refractivity contribution in [2.24, 2.45) is 0 Å². The molecule has 0 aromatic heterocycles. The van der Waals surface area contributed by atoms with Gasteiger partial charge >= 0.3 is 0 Å². The summed E-state index contributed by atoms with van der Waals surface area (Å²) in [5.41, 5.74) is 1.36. The lowest BCUT2D eigenvalue weighted by Crippen LogP contribution is -1.90. The van der Waals surface area contributed by atoms with Crippen molar-refractivity contribution >= 4 is 39.2 Å². The summed E-state index contributed by atoms with van der Waals surface area (Å²) in [6, 6.07) is 15.3. The van der Waals surface area contributed by atoms with Gasteiger partial charge in [0.2, 0.25) is 0 Å². The first-order chi connectivity index (χ1) is 7.93. The number of hydrogen-bond donors (Lipinski definition) is 0. The van der Waals surface area contributed by atoms with Gasteiger partial charge in [0.15, 0.2) is 0 Å². The zero-order valence-electron chi connectivity index (χ0n) is 8.85. The fourth-order valence-corrected chi connectivity index (χ4v) is 3.98. The van der Waals surface area contributed by atoms with Gasteiger partial charge in [0.05, 0.1) is 0 Å². The Labute approximate surface area is 104 Å². The van der Waals surface area contributed by atoms with Crippen LogP contribution in [-0.2, 0) is 0 Å². The van der Waals surface area contributed by atoms with Gasteiger partial charge in [-0.2, -0.15) is 0 Å². The minimum atomic E-state index is 1.23. The van der Waals surface area contributed by atoms with Crippen molar-refractivity contribution in [3.05, 3.63) is 53.4 Å². The second-order valence-corrected chi connectivity index (χ2v) is 5.88. The highest BCUT2D eigenvalue weighted by Crippen LogP contribution is 2.35. The molecule has 0 aliphatic carbocycles. The predicted molar refractivity (Wildman–Crippen MR) is 76.8 cm³/mol. The SMILES string of the molecule is C1=C(c2ccc3ccccc3c2)SCCS1. The van der Waals surface area contributed by atoms with Crippen LogP contribution in [0, 0.1) is 0 Å². The highest BCUT2D eigenvalue weighted by Gasteiger charge is 2.07. The van der Waals surface area contributed by atoms with E-state index in [2.05, 4.69) is 47.9 Å². The van der Waals surface area contributed by atoms with Crippen LogP contribution in [0.3, 0.4) is 0 Å². The molecule has 2 aromatic carbocycles. The second kappa shape index (κ2) is 4.56. The fourth-order valence-electron chi connectivity index (χ4n) is 1.86. The Balaban J connectivity index is 2.07. The maximum atomic E-state index is 2.29. The molecular weight excluding hydrogens is 232 g/mol. The van der Waals surface area contributed by atoms with E-state index in [1.165, 1.54) is 32.7 Å². The zero-order valence-corrected chi connectivity index (χ0v) is 10.5. The van der Waals surface area contributed by atoms with Gasteiger partial charge in [-0.05, 0) is 27.8 Å². The van der Waals surface area contributed by atoms with Crippen LogP contribution in [0.2, 0.25) is 0 Å². The lowest BCUT2D eigenvalue weighted by Gasteiger charge is -2.12. The molecule has 3 rings (SSSR count). The van der Waals surface area contributed by atoms with Crippen molar-refractivity contribution in [3.8, 4) is 0 Å². The highest BCUT2D eigenvalue weighted by molar-refractivity contribution is 8.13. The lowest BCUT2D eigenvalue weighted by molar-refractivity contribution is 1.56. The minimum absolute atomic E-state index is 1.23. The van der Waals surface area contributed by atoms with E-state index in [1.54, 1.807) is 0 Å². The summed E-state index contributed by atoms with van der Waals surface area (Å²) in [6.45, 7) is 0. The number of benzene rings is 2. The average molecular weight is 244 g/mol. The van der Waals surface area contributed by atoms with E-state index in [0.717, 1.165) is 0 Å². The molecule has 0 bridgehead atoms. The molecule has 2 heteroatoms. The predicted octanol–water partition coefficient (Wildman–Crippen LogP) is 4.62. The summed E-state index contributed by atoms with van der Waals surface area (Å²) in [6.07, 6.45) is 0. The van der Waals surface area contributed by atoms with Crippen molar-refractivity contribution < 1.29 is 0 Å². The number of hydrogen-bond acceptors (Lipinski definition) is 2. The molecule has 0 radical (unpaired) electrons. The first-order valence-corrected chi connectivity index (χ1v) is 7.41. The largest absolute Gasteiger partial charge is 0.132 e. The lowest BCUT2D eigenvalue weighted by atomic mass is 10.1. The standard InChI is InChI=1S/C14H12S2/c1-2-4-12-9-13(6-5-11(12)3-1)14-10-15-7-8-16-14/h1-6,9-10H,7-8H2. The van der Waals surface area contributed by atoms with E-state index in [1.807, 2.05) is 23.5 Å². The summed E-state index contributed by atoms with van der Waals surface area (Å²) in [7, 11) is 0. The molecular formula is C14H12S2. The van der Waals surface area contributed by atoms with Crippen molar-refractivity contribution in [3.63, 3.8) is 0 Å². The van der Waals surface area contributed by atoms with Crippen LogP contribution in [0.15, 0.2) is 47.9 Å². The molecule has 0 fully saturated rings. The van der Waals surface area contributed by atoms with Crippen molar-refractivity contribution in [2.45, 2.75) is 0 Å². The molecule has 0 saturated carbocycles. The first-order valence-electron chi connectivity index (χ1n) is 5.37. The Bertz CT molecular complexity index is 543. The number of thioether (sulfide) groups is 2. The molecule has 1 aliphatic heterocycles. The summed E-state index contributed by atoms with van der Waals surface area (Å²) in [5, 5.41) is 4.94. The van der Waals surface area contributed by atoms with E-state index in [0.29, 0.717) is 0 Å². The molecule has 0 unspecified atom stereocenters. The number of rotatable bonds is 1. The Morgan fingerprint density at radius 2 is 1.75 bits per heavy atom. The van der Waals surface area contributed by atoms with Crippen LogP contribution >= 0.6 is 23.5 Å². The topological polar surface area (TPSA) is 0 Å². The smallest absolute Gasteiger partial charge is 0.0208 e. The van der Waals surface area contributed by atoms with Crippen LogP contribution in [0.5, 0.6) is 0 Å². The summed E-state index contributed by atoms with van der Waals surface area (Å²) in [5.74, 6) is 2.46. The quantitative estimate of drug-likeness (QED) is 0.718. The molecule has 0 saturated heterocycles. The molecule has 1 heterocycles. The maximum Gasteiger partial charge on any atom is 0.0208 e. The molecule has 0 nitrogen and oxygen atoms in total. The minimum Gasteiger partial charge on any atom is -0.132 e. The van der Waals surface area contributed by atoms with Crippen LogP contribution in [0.1, 0.15) is 5.56 Å². The molecule has 0 amide bonds.